The predicted molar refractivity (Wildman–Crippen MR) is 230 cm³/mol. The van der Waals surface area contributed by atoms with Crippen LogP contribution < -0.4 is 10.6 Å². The van der Waals surface area contributed by atoms with Crippen molar-refractivity contribution in [1.29, 1.82) is 0 Å². The molecule has 3 aliphatic heterocycles. The summed E-state index contributed by atoms with van der Waals surface area (Å²) in [4.78, 5) is 25.8. The fourth-order valence-corrected chi connectivity index (χ4v) is 9.50. The number of nitrogens with one attached hydrogen (secondary N) is 2. The molecule has 8 heteroatoms. The van der Waals surface area contributed by atoms with Gasteiger partial charge in [0.2, 0.25) is 0 Å². The molecule has 0 saturated carbocycles. The molecule has 7 aromatic rings. The fraction of sp³-hybridized carbons (Fsp3) is 0.0417. The van der Waals surface area contributed by atoms with Crippen LogP contribution in [0.25, 0.3) is 11.1 Å². The highest BCUT2D eigenvalue weighted by molar-refractivity contribution is 8.05. The third-order valence-corrected chi connectivity index (χ3v) is 12.5. The third kappa shape index (κ3) is 6.74. The van der Waals surface area contributed by atoms with E-state index >= 15 is 0 Å². The van der Waals surface area contributed by atoms with Gasteiger partial charge in [0, 0.05) is 41.8 Å². The average molecular weight is 759 g/mol. The van der Waals surface area contributed by atoms with Crippen molar-refractivity contribution < 1.29 is 0 Å². The smallest absolute Gasteiger partial charge is 0.159 e. The first-order chi connectivity index (χ1) is 27.7. The molecule has 0 radical (unpaired) electrons. The van der Waals surface area contributed by atoms with Gasteiger partial charge in [0.15, 0.2) is 11.7 Å². The zero-order valence-electron chi connectivity index (χ0n) is 30.1. The van der Waals surface area contributed by atoms with E-state index in [1.807, 2.05) is 84.2 Å². The van der Waals surface area contributed by atoms with Gasteiger partial charge in [0.25, 0.3) is 0 Å². The lowest BCUT2D eigenvalue weighted by atomic mass is 9.95. The molecule has 3 aliphatic rings. The van der Waals surface area contributed by atoms with Crippen molar-refractivity contribution in [1.82, 2.24) is 10.6 Å². The van der Waals surface area contributed by atoms with Crippen LogP contribution in [-0.4, -0.2) is 23.3 Å². The zero-order valence-corrected chi connectivity index (χ0v) is 31.7. The van der Waals surface area contributed by atoms with Gasteiger partial charge in [-0.2, -0.15) is 0 Å². The summed E-state index contributed by atoms with van der Waals surface area (Å²) < 4.78 is 0. The predicted octanol–water partition coefficient (Wildman–Crippen LogP) is 11.0. The van der Waals surface area contributed by atoms with Gasteiger partial charge in [-0.25, -0.2) is 20.0 Å². The molecule has 0 aromatic heterocycles. The Bertz CT molecular complexity index is 2690. The van der Waals surface area contributed by atoms with Crippen LogP contribution in [0.3, 0.4) is 0 Å². The Balaban J connectivity index is 1.17. The summed E-state index contributed by atoms with van der Waals surface area (Å²) in [5, 5.41) is 7.35. The van der Waals surface area contributed by atoms with Crippen molar-refractivity contribution in [3.63, 3.8) is 0 Å². The summed E-state index contributed by atoms with van der Waals surface area (Å²) in [5.74, 6) is 2.82. The first-order valence-electron chi connectivity index (χ1n) is 18.5. The van der Waals surface area contributed by atoms with E-state index < -0.39 is 0 Å². The van der Waals surface area contributed by atoms with Gasteiger partial charge in [0.1, 0.15) is 24.0 Å². The lowest BCUT2D eigenvalue weighted by molar-refractivity contribution is 0.673. The highest BCUT2D eigenvalue weighted by Gasteiger charge is 2.28. The molecule has 3 heterocycles. The second-order valence-corrected chi connectivity index (χ2v) is 15.7. The monoisotopic (exact) mass is 758 g/mol. The summed E-state index contributed by atoms with van der Waals surface area (Å²) in [6, 6.07) is 62.9. The Kier molecular flexibility index (Phi) is 9.11. The molecule has 0 amide bonds. The van der Waals surface area contributed by atoms with Crippen LogP contribution in [0.4, 0.5) is 0 Å². The molecule has 2 N–H and O–H groups in total. The molecule has 0 aliphatic carbocycles. The Morgan fingerprint density at radius 2 is 0.893 bits per heavy atom. The van der Waals surface area contributed by atoms with Gasteiger partial charge in [-0.15, -0.1) is 0 Å². The van der Waals surface area contributed by atoms with E-state index in [1.54, 1.807) is 0 Å². The Labute approximate surface area is 334 Å². The number of rotatable bonds is 7. The number of amidine groups is 4. The van der Waals surface area contributed by atoms with Gasteiger partial charge < -0.3 is 10.6 Å². The van der Waals surface area contributed by atoms with Crippen molar-refractivity contribution in [3.05, 3.63) is 215 Å². The van der Waals surface area contributed by atoms with Crippen molar-refractivity contribution in [2.45, 2.75) is 31.9 Å². The second-order valence-electron chi connectivity index (χ2n) is 13.5. The van der Waals surface area contributed by atoms with Crippen LogP contribution in [0.2, 0.25) is 0 Å². The van der Waals surface area contributed by atoms with E-state index in [1.165, 1.54) is 19.6 Å². The molecule has 2 atom stereocenters. The van der Waals surface area contributed by atoms with Crippen molar-refractivity contribution >= 4 is 46.9 Å². The van der Waals surface area contributed by atoms with Gasteiger partial charge in [0.05, 0.1) is 0 Å². The zero-order chi connectivity index (χ0) is 37.3. The summed E-state index contributed by atoms with van der Waals surface area (Å²) in [6.45, 7) is 0. The minimum atomic E-state index is -0.349. The van der Waals surface area contributed by atoms with E-state index in [-0.39, 0.29) is 12.3 Å². The van der Waals surface area contributed by atoms with Crippen LogP contribution in [0.1, 0.15) is 45.7 Å². The quantitative estimate of drug-likeness (QED) is 0.170. The molecular formula is C48H34N6S2. The normalized spacial score (nSPS) is 17.1. The minimum Gasteiger partial charge on any atom is -0.344 e. The van der Waals surface area contributed by atoms with E-state index in [2.05, 4.69) is 132 Å². The van der Waals surface area contributed by atoms with E-state index in [4.69, 9.17) is 20.0 Å². The molecule has 7 aromatic carbocycles. The number of nitrogens with zero attached hydrogens (tertiary/aromatic N) is 4. The number of benzene rings is 7. The standard InChI is InChI=1S/C48H34N6S2/c1-5-16-31(17-6-1)43-49-44(32-18-7-2-8-19-32)52-47(51-43)35-28-29-36(37-24-15-27-41-42(37)56-40-26-14-13-25-39(40)55-41)38(30-35)48-53-45(33-20-9-3-10-21-33)50-46(54-48)34-22-11-4-12-23-34/h1-30,43,45H,(H,49,51,52)(H,50,53,54). The maximum Gasteiger partial charge on any atom is 0.159 e. The Morgan fingerprint density at radius 1 is 0.375 bits per heavy atom. The molecule has 56 heavy (non-hydrogen) atoms. The number of fused-ring (bicyclic) bond motifs is 2. The summed E-state index contributed by atoms with van der Waals surface area (Å²) in [5.41, 5.74) is 8.10. The summed E-state index contributed by atoms with van der Waals surface area (Å²) in [7, 11) is 0. The molecule has 0 saturated heterocycles. The largest absolute Gasteiger partial charge is 0.344 e. The fourth-order valence-electron chi connectivity index (χ4n) is 7.11. The minimum absolute atomic E-state index is 0.318. The highest BCUT2D eigenvalue weighted by Crippen LogP contribution is 2.52. The first-order valence-corrected chi connectivity index (χ1v) is 20.2. The van der Waals surface area contributed by atoms with Crippen molar-refractivity contribution in [2.75, 3.05) is 0 Å². The summed E-state index contributed by atoms with van der Waals surface area (Å²) >= 11 is 3.64. The number of aliphatic imine (C=N–C) groups is 4. The lowest BCUT2D eigenvalue weighted by Gasteiger charge is -2.27. The average Bonchev–Trinajstić information content (AvgIpc) is 3.29. The molecule has 6 nitrogen and oxygen atoms in total. The molecule has 10 rings (SSSR count). The third-order valence-electron chi connectivity index (χ3n) is 9.88. The molecule has 0 fully saturated rings. The second kappa shape index (κ2) is 15.0. The van der Waals surface area contributed by atoms with E-state index in [9.17, 15) is 0 Å². The topological polar surface area (TPSA) is 73.5 Å². The van der Waals surface area contributed by atoms with Gasteiger partial charge in [-0.1, -0.05) is 181 Å². The Hall–Kier alpha value is -6.48. The molecule has 0 bridgehead atoms. The van der Waals surface area contributed by atoms with Crippen LogP contribution in [0.15, 0.2) is 222 Å². The van der Waals surface area contributed by atoms with Crippen LogP contribution in [0.5, 0.6) is 0 Å². The molecule has 0 spiro atoms. The highest BCUT2D eigenvalue weighted by atomic mass is 32.2. The molecular weight excluding hydrogens is 725 g/mol. The van der Waals surface area contributed by atoms with Crippen molar-refractivity contribution in [2.24, 2.45) is 20.0 Å². The van der Waals surface area contributed by atoms with Gasteiger partial charge in [-0.05, 0) is 46.5 Å². The maximum atomic E-state index is 5.30. The number of hydrogen-bond acceptors (Lipinski definition) is 8. The van der Waals surface area contributed by atoms with Crippen LogP contribution in [0, 0.1) is 0 Å². The molecule has 268 valence electrons. The maximum absolute atomic E-state index is 5.30. The van der Waals surface area contributed by atoms with Gasteiger partial charge in [-0.3, -0.25) is 0 Å². The van der Waals surface area contributed by atoms with Gasteiger partial charge >= 0.3 is 0 Å². The number of hydrogen-bond donors (Lipinski definition) is 2. The van der Waals surface area contributed by atoms with Crippen molar-refractivity contribution in [3.8, 4) is 11.1 Å². The molecule has 2 unspecified atom stereocenters. The van der Waals surface area contributed by atoms with Crippen LogP contribution in [-0.2, 0) is 0 Å². The lowest BCUT2D eigenvalue weighted by Crippen LogP contribution is -2.34. The van der Waals surface area contributed by atoms with E-state index in [0.29, 0.717) is 11.7 Å². The Morgan fingerprint density at radius 3 is 1.55 bits per heavy atom. The van der Waals surface area contributed by atoms with Crippen LogP contribution >= 0.6 is 23.5 Å². The summed E-state index contributed by atoms with van der Waals surface area (Å²) in [6.07, 6.45) is -0.667. The SMILES string of the molecule is c1ccc(C2=NC(c3ccccc3)NC(c3cc(C4=NC(c5ccccc5)NC(c5ccccc5)=N4)ccc3-c3cccc4c3Sc3ccccc3S4)=N2)cc1. The first kappa shape index (κ1) is 34.0. The van der Waals surface area contributed by atoms with E-state index in [0.717, 1.165) is 56.2 Å².